The second-order valence-electron chi connectivity index (χ2n) is 7.61. The molecule has 0 bridgehead atoms. The lowest BCUT2D eigenvalue weighted by Crippen LogP contribution is -2.38. The summed E-state index contributed by atoms with van der Waals surface area (Å²) in [7, 11) is 1.57. The van der Waals surface area contributed by atoms with Gasteiger partial charge in [-0.05, 0) is 49.3 Å². The van der Waals surface area contributed by atoms with Gasteiger partial charge in [0.25, 0.3) is 11.7 Å². The van der Waals surface area contributed by atoms with Crippen molar-refractivity contribution in [1.29, 1.82) is 0 Å². The summed E-state index contributed by atoms with van der Waals surface area (Å²) in [6.45, 7) is 8.77. The molecule has 0 saturated carbocycles. The highest BCUT2D eigenvalue weighted by Crippen LogP contribution is 2.39. The Labute approximate surface area is 183 Å². The molecular formula is C25H30N2O4. The molecule has 1 fully saturated rings. The molecule has 0 spiro atoms. The highest BCUT2D eigenvalue weighted by Gasteiger charge is 2.46. The highest BCUT2D eigenvalue weighted by atomic mass is 16.5. The number of nitrogens with zero attached hydrogens (tertiary/aromatic N) is 2. The maximum atomic E-state index is 13.1. The van der Waals surface area contributed by atoms with Crippen LogP contribution in [0.5, 0.6) is 5.75 Å². The standard InChI is InChI=1S/C25H30N2O4/c1-5-26(6-2)14-15-27-22(18-10-8-7-9-11-18)21(24(29)25(27)30)23(28)20-13-12-19(31-4)16-17(20)3/h7-13,16,22,28H,5-6,14-15H2,1-4H3/b23-21+/t22-/m0/s1. The van der Waals surface area contributed by atoms with E-state index in [9.17, 15) is 14.7 Å². The zero-order chi connectivity index (χ0) is 22.5. The number of amides is 1. The van der Waals surface area contributed by atoms with Crippen LogP contribution in [-0.4, -0.2) is 59.9 Å². The zero-order valence-electron chi connectivity index (χ0n) is 18.6. The van der Waals surface area contributed by atoms with E-state index in [0.717, 1.165) is 24.2 Å². The van der Waals surface area contributed by atoms with Gasteiger partial charge in [0.15, 0.2) is 0 Å². The van der Waals surface area contributed by atoms with Gasteiger partial charge in [0.05, 0.1) is 18.7 Å². The molecule has 6 heteroatoms. The van der Waals surface area contributed by atoms with Crippen LogP contribution < -0.4 is 4.74 Å². The molecule has 2 aromatic rings. The molecule has 31 heavy (non-hydrogen) atoms. The van der Waals surface area contributed by atoms with Gasteiger partial charge in [-0.25, -0.2) is 0 Å². The minimum atomic E-state index is -0.652. The average molecular weight is 423 g/mol. The maximum Gasteiger partial charge on any atom is 0.295 e. The van der Waals surface area contributed by atoms with Gasteiger partial charge in [0.2, 0.25) is 0 Å². The first-order valence-electron chi connectivity index (χ1n) is 10.6. The molecule has 0 aliphatic carbocycles. The lowest BCUT2D eigenvalue weighted by Gasteiger charge is -2.28. The van der Waals surface area contributed by atoms with Crippen molar-refractivity contribution in [3.8, 4) is 5.75 Å². The molecule has 1 N–H and O–H groups in total. The molecule has 1 amide bonds. The molecule has 6 nitrogen and oxygen atoms in total. The lowest BCUT2D eigenvalue weighted by molar-refractivity contribution is -0.140. The number of ketones is 1. The van der Waals surface area contributed by atoms with Gasteiger partial charge in [0, 0.05) is 18.7 Å². The Kier molecular flexibility index (Phi) is 7.13. The van der Waals surface area contributed by atoms with E-state index in [2.05, 4.69) is 18.7 Å². The molecular weight excluding hydrogens is 392 g/mol. The first-order valence-corrected chi connectivity index (χ1v) is 10.6. The molecule has 0 unspecified atom stereocenters. The third-order valence-electron chi connectivity index (χ3n) is 5.90. The number of Topliss-reactive ketones (excluding diaryl/α,β-unsaturated/α-hetero) is 1. The van der Waals surface area contributed by atoms with Crippen LogP contribution in [0.15, 0.2) is 54.1 Å². The number of hydrogen-bond acceptors (Lipinski definition) is 5. The summed E-state index contributed by atoms with van der Waals surface area (Å²) in [4.78, 5) is 29.9. The maximum absolute atomic E-state index is 13.1. The third kappa shape index (κ3) is 4.49. The molecule has 164 valence electrons. The Balaban J connectivity index is 2.10. The predicted molar refractivity (Wildman–Crippen MR) is 121 cm³/mol. The largest absolute Gasteiger partial charge is 0.507 e. The lowest BCUT2D eigenvalue weighted by atomic mass is 9.94. The number of aliphatic hydroxyl groups excluding tert-OH is 1. The van der Waals surface area contributed by atoms with Crippen molar-refractivity contribution in [2.45, 2.75) is 26.8 Å². The molecule has 1 saturated heterocycles. The Morgan fingerprint density at radius 2 is 1.77 bits per heavy atom. The molecule has 3 rings (SSSR count). The Morgan fingerprint density at radius 3 is 2.35 bits per heavy atom. The van der Waals surface area contributed by atoms with Crippen molar-refractivity contribution in [3.05, 3.63) is 70.8 Å². The van der Waals surface area contributed by atoms with E-state index in [-0.39, 0.29) is 11.3 Å². The van der Waals surface area contributed by atoms with Gasteiger partial charge in [-0.3, -0.25) is 9.59 Å². The van der Waals surface area contributed by atoms with Crippen LogP contribution in [0.4, 0.5) is 0 Å². The summed E-state index contributed by atoms with van der Waals surface area (Å²) in [6, 6.07) is 14.0. The minimum absolute atomic E-state index is 0.129. The van der Waals surface area contributed by atoms with Crippen LogP contribution in [0.2, 0.25) is 0 Å². The quantitative estimate of drug-likeness (QED) is 0.398. The number of likely N-dealkylation sites (tertiary alicyclic amines) is 1. The average Bonchev–Trinajstić information content (AvgIpc) is 3.04. The second kappa shape index (κ2) is 9.79. The molecule has 0 radical (unpaired) electrons. The molecule has 1 aliphatic rings. The van der Waals surface area contributed by atoms with Crippen molar-refractivity contribution >= 4 is 17.4 Å². The van der Waals surface area contributed by atoms with Crippen LogP contribution in [-0.2, 0) is 9.59 Å². The monoisotopic (exact) mass is 422 g/mol. The van der Waals surface area contributed by atoms with Crippen LogP contribution >= 0.6 is 0 Å². The number of aryl methyl sites for hydroxylation is 1. The van der Waals surface area contributed by atoms with E-state index < -0.39 is 17.7 Å². The van der Waals surface area contributed by atoms with Gasteiger partial charge in [0.1, 0.15) is 11.5 Å². The number of rotatable bonds is 8. The van der Waals surface area contributed by atoms with Gasteiger partial charge >= 0.3 is 0 Å². The fourth-order valence-electron chi connectivity index (χ4n) is 4.06. The minimum Gasteiger partial charge on any atom is -0.507 e. The summed E-state index contributed by atoms with van der Waals surface area (Å²) >= 11 is 0. The number of carbonyl (C=O) groups is 2. The number of ether oxygens (including phenoxy) is 1. The van der Waals surface area contributed by atoms with Gasteiger partial charge in [-0.2, -0.15) is 0 Å². The van der Waals surface area contributed by atoms with Gasteiger partial charge in [-0.1, -0.05) is 44.2 Å². The number of likely N-dealkylation sites (N-methyl/N-ethyl adjacent to an activating group) is 1. The Bertz CT molecular complexity index is 980. The van der Waals surface area contributed by atoms with Crippen molar-refractivity contribution in [2.75, 3.05) is 33.3 Å². The van der Waals surface area contributed by atoms with Crippen molar-refractivity contribution in [2.24, 2.45) is 0 Å². The van der Waals surface area contributed by atoms with Crippen LogP contribution in [0, 0.1) is 6.92 Å². The summed E-state index contributed by atoms with van der Waals surface area (Å²) in [6.07, 6.45) is 0. The summed E-state index contributed by atoms with van der Waals surface area (Å²) in [5, 5.41) is 11.2. The molecule has 1 aliphatic heterocycles. The van der Waals surface area contributed by atoms with Crippen molar-refractivity contribution in [3.63, 3.8) is 0 Å². The van der Waals surface area contributed by atoms with Crippen molar-refractivity contribution in [1.82, 2.24) is 9.80 Å². The fourth-order valence-corrected chi connectivity index (χ4v) is 4.06. The molecule has 0 aromatic heterocycles. The fraction of sp³-hybridized carbons (Fsp3) is 0.360. The van der Waals surface area contributed by atoms with Crippen molar-refractivity contribution < 1.29 is 19.4 Å². The third-order valence-corrected chi connectivity index (χ3v) is 5.90. The number of benzene rings is 2. The summed E-state index contributed by atoms with van der Waals surface area (Å²) in [5.74, 6) is -0.721. The van der Waals surface area contributed by atoms with E-state index in [1.165, 1.54) is 0 Å². The van der Waals surface area contributed by atoms with Crippen LogP contribution in [0.3, 0.4) is 0 Å². The molecule has 1 heterocycles. The number of hydrogen-bond donors (Lipinski definition) is 1. The van der Waals surface area contributed by atoms with E-state index in [0.29, 0.717) is 24.4 Å². The molecule has 1 atom stereocenters. The van der Waals surface area contributed by atoms with E-state index in [1.54, 1.807) is 30.2 Å². The number of aliphatic hydroxyl groups is 1. The number of methoxy groups -OCH3 is 1. The van der Waals surface area contributed by atoms with Crippen LogP contribution in [0.1, 0.15) is 36.6 Å². The van der Waals surface area contributed by atoms with Gasteiger partial charge < -0.3 is 19.6 Å². The zero-order valence-corrected chi connectivity index (χ0v) is 18.6. The second-order valence-corrected chi connectivity index (χ2v) is 7.61. The molecule has 2 aromatic carbocycles. The predicted octanol–water partition coefficient (Wildman–Crippen LogP) is 3.77. The van der Waals surface area contributed by atoms with Crippen LogP contribution in [0.25, 0.3) is 5.76 Å². The first-order chi connectivity index (χ1) is 14.9. The van der Waals surface area contributed by atoms with E-state index >= 15 is 0 Å². The normalized spacial score (nSPS) is 18.1. The van der Waals surface area contributed by atoms with E-state index in [4.69, 9.17) is 4.74 Å². The highest BCUT2D eigenvalue weighted by molar-refractivity contribution is 6.46. The summed E-state index contributed by atoms with van der Waals surface area (Å²) in [5.41, 5.74) is 2.21. The van der Waals surface area contributed by atoms with E-state index in [1.807, 2.05) is 37.3 Å². The number of carbonyl (C=O) groups excluding carboxylic acids is 2. The summed E-state index contributed by atoms with van der Waals surface area (Å²) < 4.78 is 5.24. The first kappa shape index (κ1) is 22.6. The van der Waals surface area contributed by atoms with Gasteiger partial charge in [-0.15, -0.1) is 0 Å². The SMILES string of the molecule is CCN(CC)CCN1C(=O)C(=O)/C(=C(/O)c2ccc(OC)cc2C)[C@@H]1c1ccccc1. The Morgan fingerprint density at radius 1 is 1.10 bits per heavy atom. The Hall–Kier alpha value is -3.12. The smallest absolute Gasteiger partial charge is 0.295 e. The topological polar surface area (TPSA) is 70.1 Å².